The second-order valence-corrected chi connectivity index (χ2v) is 13.5. The average Bonchev–Trinajstić information content (AvgIpc) is 3.33. The Balaban J connectivity index is 1.57. The molecule has 0 unspecified atom stereocenters. The van der Waals surface area contributed by atoms with Crippen LogP contribution in [0.25, 0.3) is 0 Å². The number of ether oxygens (including phenoxy) is 2. The lowest BCUT2D eigenvalue weighted by Gasteiger charge is -2.62. The van der Waals surface area contributed by atoms with Crippen molar-refractivity contribution in [2.24, 2.45) is 22.7 Å². The van der Waals surface area contributed by atoms with Crippen LogP contribution in [0.3, 0.4) is 0 Å². The van der Waals surface area contributed by atoms with Crippen molar-refractivity contribution < 1.29 is 46.7 Å². The molecule has 1 saturated heterocycles. The molecule has 0 spiro atoms. The third kappa shape index (κ3) is 3.92. The molecule has 4 fully saturated rings. The Hall–Kier alpha value is -1.42. The molecule has 9 atom stereocenters. The van der Waals surface area contributed by atoms with Crippen LogP contribution < -0.4 is 0 Å². The summed E-state index contributed by atoms with van der Waals surface area (Å²) in [6, 6.07) is 0. The molecule has 0 aromatic carbocycles. The third-order valence-electron chi connectivity index (χ3n) is 10.0. The van der Waals surface area contributed by atoms with Gasteiger partial charge in [0.05, 0.1) is 19.3 Å². The number of alkyl halides is 1. The highest BCUT2D eigenvalue weighted by atomic mass is 31.2. The molecule has 5 rings (SSSR count). The molecule has 4 aliphatic carbocycles. The van der Waals surface area contributed by atoms with E-state index in [2.05, 4.69) is 0 Å². The quantitative estimate of drug-likeness (QED) is 0.404. The van der Waals surface area contributed by atoms with Crippen molar-refractivity contribution in [3.63, 3.8) is 0 Å². The van der Waals surface area contributed by atoms with E-state index >= 15 is 4.39 Å². The molecular weight excluding hydrogens is 530 g/mol. The van der Waals surface area contributed by atoms with E-state index in [0.29, 0.717) is 31.3 Å². The molecule has 5 aliphatic rings. The van der Waals surface area contributed by atoms with Gasteiger partial charge in [-0.2, -0.15) is 0 Å². The molecule has 3 saturated carbocycles. The van der Waals surface area contributed by atoms with E-state index in [1.54, 1.807) is 26.8 Å². The van der Waals surface area contributed by atoms with Gasteiger partial charge < -0.3 is 19.1 Å². The SMILES string of the molecule is CCC[C@@H]1O[C@@H]2C[C@H]3[C@@H]4CCC5=CC(=O)C=C[C@]5(C)[C@@]4(F)[C@@H](O)C[C@]3(C)[C@]2(C(=O)OP(=O)(OCC)OCC)O1. The number of carbonyl (C=O) groups is 2. The summed E-state index contributed by atoms with van der Waals surface area (Å²) < 4.78 is 59.4. The average molecular weight is 571 g/mol. The van der Waals surface area contributed by atoms with Gasteiger partial charge in [0.15, 0.2) is 23.3 Å². The van der Waals surface area contributed by atoms with Crippen LogP contribution in [-0.2, 0) is 37.2 Å². The number of phosphoric ester groups is 1. The van der Waals surface area contributed by atoms with Gasteiger partial charge in [-0.1, -0.05) is 31.9 Å². The Morgan fingerprint density at radius 3 is 2.54 bits per heavy atom. The van der Waals surface area contributed by atoms with Crippen LogP contribution in [0.1, 0.15) is 73.1 Å². The predicted octanol–water partition coefficient (Wildman–Crippen LogP) is 4.97. The van der Waals surface area contributed by atoms with Crippen molar-refractivity contribution in [2.75, 3.05) is 13.2 Å². The summed E-state index contributed by atoms with van der Waals surface area (Å²) >= 11 is 0. The third-order valence-corrected chi connectivity index (χ3v) is 11.6. The van der Waals surface area contributed by atoms with Gasteiger partial charge in [-0.15, -0.1) is 0 Å². The topological polar surface area (TPSA) is 118 Å². The van der Waals surface area contributed by atoms with Crippen molar-refractivity contribution in [3.05, 3.63) is 23.8 Å². The Morgan fingerprint density at radius 2 is 1.90 bits per heavy atom. The first-order valence-corrected chi connectivity index (χ1v) is 15.6. The van der Waals surface area contributed by atoms with E-state index < -0.39 is 66.2 Å². The van der Waals surface area contributed by atoms with Crippen LogP contribution in [0.2, 0.25) is 0 Å². The lowest BCUT2D eigenvalue weighted by molar-refractivity contribution is -0.235. The van der Waals surface area contributed by atoms with E-state index in [1.165, 1.54) is 12.2 Å². The fourth-order valence-electron chi connectivity index (χ4n) is 8.32. The fraction of sp³-hybridized carbons (Fsp3) is 0.786. The molecule has 9 nitrogen and oxygen atoms in total. The number of carbonyl (C=O) groups excluding carboxylic acids is 2. The molecule has 1 heterocycles. The van der Waals surface area contributed by atoms with Gasteiger partial charge in [0, 0.05) is 16.7 Å². The van der Waals surface area contributed by atoms with E-state index in [-0.39, 0.29) is 25.4 Å². The summed E-state index contributed by atoms with van der Waals surface area (Å²) in [4.78, 5) is 26.2. The standard InChI is InChI=1S/C28H40FO9P/c1-6-9-23-36-22-15-20-19-11-10-17-14-18(30)12-13-25(17,4)27(19,29)21(31)16-26(20,5)28(22,37-23)24(32)38-39(33,34-7-2)35-8-3/h12-14,19-23,31H,6-11,15-16H2,1-5H3/t19-,20-,21-,22+,23+,25-,26-,27-,28-/m0/s1. The van der Waals surface area contributed by atoms with Crippen LogP contribution in [-0.4, -0.2) is 59.8 Å². The Labute approximate surface area is 229 Å². The summed E-state index contributed by atoms with van der Waals surface area (Å²) in [5.74, 6) is -2.20. The van der Waals surface area contributed by atoms with Crippen LogP contribution in [0.15, 0.2) is 23.8 Å². The minimum atomic E-state index is -4.26. The van der Waals surface area contributed by atoms with Gasteiger partial charge in [0.2, 0.25) is 0 Å². The van der Waals surface area contributed by atoms with Crippen molar-refractivity contribution in [3.8, 4) is 0 Å². The number of fused-ring (bicyclic) bond motifs is 7. The van der Waals surface area contributed by atoms with Gasteiger partial charge in [-0.3, -0.25) is 13.8 Å². The number of hydrogen-bond acceptors (Lipinski definition) is 9. The summed E-state index contributed by atoms with van der Waals surface area (Å²) in [6.45, 7) is 8.73. The summed E-state index contributed by atoms with van der Waals surface area (Å²) in [6.07, 6.45) is 3.80. The van der Waals surface area contributed by atoms with Crippen molar-refractivity contribution in [1.82, 2.24) is 0 Å². The molecule has 0 amide bonds. The predicted molar refractivity (Wildman–Crippen MR) is 138 cm³/mol. The van der Waals surface area contributed by atoms with Crippen LogP contribution >= 0.6 is 7.82 Å². The molecule has 1 N–H and O–H groups in total. The zero-order valence-corrected chi connectivity index (χ0v) is 24.2. The second kappa shape index (κ2) is 9.85. The van der Waals surface area contributed by atoms with E-state index in [9.17, 15) is 19.3 Å². The molecule has 39 heavy (non-hydrogen) atoms. The summed E-state index contributed by atoms with van der Waals surface area (Å²) in [5, 5.41) is 11.7. The minimum absolute atomic E-state index is 0.00763. The van der Waals surface area contributed by atoms with Crippen LogP contribution in [0.4, 0.5) is 4.39 Å². The zero-order valence-electron chi connectivity index (χ0n) is 23.3. The lowest BCUT2D eigenvalue weighted by atomic mass is 9.45. The van der Waals surface area contributed by atoms with Gasteiger partial charge in [-0.25, -0.2) is 13.8 Å². The fourth-order valence-corrected chi connectivity index (χ4v) is 9.47. The van der Waals surface area contributed by atoms with Gasteiger partial charge in [-0.05, 0) is 70.9 Å². The molecule has 0 bridgehead atoms. The highest BCUT2D eigenvalue weighted by Gasteiger charge is 2.80. The summed E-state index contributed by atoms with van der Waals surface area (Å²) in [7, 11) is -4.26. The number of rotatable bonds is 8. The van der Waals surface area contributed by atoms with Crippen LogP contribution in [0, 0.1) is 22.7 Å². The smallest absolute Gasteiger partial charge is 0.390 e. The summed E-state index contributed by atoms with van der Waals surface area (Å²) in [5.41, 5.74) is -5.40. The number of aliphatic hydroxyl groups is 1. The minimum Gasteiger partial charge on any atom is -0.390 e. The van der Waals surface area contributed by atoms with E-state index in [0.717, 1.165) is 6.42 Å². The maximum atomic E-state index is 17.5. The molecule has 1 aliphatic heterocycles. The normalized spacial score (nSPS) is 44.7. The molecule has 0 aromatic rings. The lowest BCUT2D eigenvalue weighted by Crippen LogP contribution is -2.69. The molecule has 218 valence electrons. The molecule has 11 heteroatoms. The number of hydrogen-bond donors (Lipinski definition) is 1. The molecule has 0 aromatic heterocycles. The number of allylic oxidation sites excluding steroid dienone is 4. The van der Waals surface area contributed by atoms with Gasteiger partial charge in [0.25, 0.3) is 0 Å². The van der Waals surface area contributed by atoms with Gasteiger partial charge in [0.1, 0.15) is 6.10 Å². The van der Waals surface area contributed by atoms with Crippen molar-refractivity contribution in [1.29, 1.82) is 0 Å². The van der Waals surface area contributed by atoms with E-state index in [4.69, 9.17) is 23.0 Å². The Morgan fingerprint density at radius 1 is 1.21 bits per heavy atom. The molecular formula is C28H40FO9P. The number of ketones is 1. The highest BCUT2D eigenvalue weighted by molar-refractivity contribution is 7.49. The maximum absolute atomic E-state index is 17.5. The van der Waals surface area contributed by atoms with Crippen molar-refractivity contribution >= 4 is 19.6 Å². The first kappa shape index (κ1) is 29.1. The number of aliphatic hydroxyl groups excluding tert-OH is 1. The first-order chi connectivity index (χ1) is 18.3. The highest BCUT2D eigenvalue weighted by Crippen LogP contribution is 2.72. The Kier molecular flexibility index (Phi) is 7.34. The van der Waals surface area contributed by atoms with Crippen molar-refractivity contribution in [2.45, 2.75) is 103 Å². The first-order valence-electron chi connectivity index (χ1n) is 14.1. The number of phosphoric acid groups is 1. The second-order valence-electron chi connectivity index (χ2n) is 11.9. The monoisotopic (exact) mass is 570 g/mol. The largest absolute Gasteiger partial charge is 0.532 e. The number of halogens is 1. The molecule has 0 radical (unpaired) electrons. The Bertz CT molecular complexity index is 1130. The van der Waals surface area contributed by atoms with E-state index in [1.807, 2.05) is 13.8 Å². The zero-order chi connectivity index (χ0) is 28.4. The maximum Gasteiger partial charge on any atom is 0.532 e. The van der Waals surface area contributed by atoms with Crippen LogP contribution in [0.5, 0.6) is 0 Å². The van der Waals surface area contributed by atoms with Gasteiger partial charge >= 0.3 is 13.8 Å².